The number of amides is 2. The molecule has 0 aliphatic heterocycles. The molecule has 0 saturated heterocycles. The van der Waals surface area contributed by atoms with Crippen molar-refractivity contribution < 1.29 is 4.79 Å². The van der Waals surface area contributed by atoms with Gasteiger partial charge in [0.1, 0.15) is 5.82 Å². The van der Waals surface area contributed by atoms with E-state index in [4.69, 9.17) is 23.2 Å². The number of hydrogen-bond acceptors (Lipinski definition) is 2. The first-order valence-corrected chi connectivity index (χ1v) is 7.50. The van der Waals surface area contributed by atoms with Crippen LogP contribution < -0.4 is 10.6 Å². The fourth-order valence-electron chi connectivity index (χ4n) is 1.82. The number of carbonyl (C=O) groups excluding carboxylic acids is 1. The molecule has 0 radical (unpaired) electrons. The van der Waals surface area contributed by atoms with Crippen molar-refractivity contribution in [2.75, 3.05) is 10.6 Å². The Bertz CT molecular complexity index is 704. The average Bonchev–Trinajstić information content (AvgIpc) is 2.76. The second-order valence-corrected chi connectivity index (χ2v) is 6.75. The Morgan fingerprint density at radius 2 is 1.91 bits per heavy atom. The van der Waals surface area contributed by atoms with Gasteiger partial charge < -0.3 is 5.32 Å². The van der Waals surface area contributed by atoms with Gasteiger partial charge in [0.05, 0.1) is 21.4 Å². The minimum absolute atomic E-state index is 0.0928. The Kier molecular flexibility index (Phi) is 4.68. The molecule has 22 heavy (non-hydrogen) atoms. The van der Waals surface area contributed by atoms with E-state index in [1.807, 2.05) is 6.07 Å². The molecule has 5 nitrogen and oxygen atoms in total. The van der Waals surface area contributed by atoms with Crippen molar-refractivity contribution >= 4 is 40.7 Å². The van der Waals surface area contributed by atoms with Crippen molar-refractivity contribution in [2.24, 2.45) is 7.05 Å². The summed E-state index contributed by atoms with van der Waals surface area (Å²) in [5.74, 6) is 0.598. The summed E-state index contributed by atoms with van der Waals surface area (Å²) in [4.78, 5) is 12.1. The number of aryl methyl sites for hydroxylation is 1. The Hall–Kier alpha value is -1.72. The van der Waals surface area contributed by atoms with Crippen molar-refractivity contribution in [3.05, 3.63) is 40.0 Å². The number of nitrogens with one attached hydrogen (secondary N) is 2. The monoisotopic (exact) mass is 340 g/mol. The molecule has 1 heterocycles. The van der Waals surface area contributed by atoms with E-state index in [2.05, 4.69) is 36.5 Å². The van der Waals surface area contributed by atoms with Crippen molar-refractivity contribution in [3.8, 4) is 0 Å². The third kappa shape index (κ3) is 3.72. The van der Waals surface area contributed by atoms with Crippen LogP contribution in [0, 0.1) is 0 Å². The first-order valence-electron chi connectivity index (χ1n) is 6.75. The lowest BCUT2D eigenvalue weighted by atomic mass is 9.92. The van der Waals surface area contributed by atoms with Crippen LogP contribution in [-0.4, -0.2) is 15.8 Å². The number of aromatic nitrogens is 2. The zero-order valence-corrected chi connectivity index (χ0v) is 14.4. The van der Waals surface area contributed by atoms with Gasteiger partial charge in [0, 0.05) is 18.5 Å². The highest BCUT2D eigenvalue weighted by Gasteiger charge is 2.19. The first-order chi connectivity index (χ1) is 10.2. The van der Waals surface area contributed by atoms with Gasteiger partial charge in [-0.05, 0) is 12.1 Å². The van der Waals surface area contributed by atoms with Crippen LogP contribution in [0.15, 0.2) is 24.3 Å². The molecule has 0 atom stereocenters. The summed E-state index contributed by atoms with van der Waals surface area (Å²) in [7, 11) is 1.78. The predicted molar refractivity (Wildman–Crippen MR) is 91.0 cm³/mol. The highest BCUT2D eigenvalue weighted by molar-refractivity contribution is 6.44. The Morgan fingerprint density at radius 1 is 1.23 bits per heavy atom. The second-order valence-electron chi connectivity index (χ2n) is 5.97. The summed E-state index contributed by atoms with van der Waals surface area (Å²) in [6.07, 6.45) is 0. The maximum Gasteiger partial charge on any atom is 0.324 e. The van der Waals surface area contributed by atoms with Crippen LogP contribution in [0.1, 0.15) is 26.5 Å². The molecule has 0 aliphatic carbocycles. The predicted octanol–water partition coefficient (Wildman–Crippen LogP) is 4.67. The largest absolute Gasteiger partial charge is 0.324 e. The summed E-state index contributed by atoms with van der Waals surface area (Å²) in [5, 5.41) is 10.5. The van der Waals surface area contributed by atoms with Crippen LogP contribution >= 0.6 is 23.2 Å². The summed E-state index contributed by atoms with van der Waals surface area (Å²) >= 11 is 12.0. The number of rotatable bonds is 2. The van der Waals surface area contributed by atoms with Gasteiger partial charge in [-0.3, -0.25) is 10.00 Å². The van der Waals surface area contributed by atoms with Crippen molar-refractivity contribution in [1.29, 1.82) is 0 Å². The number of carbonyl (C=O) groups is 1. The van der Waals surface area contributed by atoms with Crippen LogP contribution in [0.4, 0.5) is 16.3 Å². The molecule has 118 valence electrons. The van der Waals surface area contributed by atoms with Crippen molar-refractivity contribution in [1.82, 2.24) is 9.78 Å². The standard InChI is InChI=1S/C15H18Cl2N4O/c1-15(2,3)11-8-12(21(4)20-11)19-14(22)18-10-7-5-6-9(16)13(10)17/h5-8H,1-4H3,(H2,18,19,22). The number of urea groups is 1. The maximum absolute atomic E-state index is 12.1. The maximum atomic E-state index is 12.1. The molecule has 1 aromatic carbocycles. The van der Waals surface area contributed by atoms with Gasteiger partial charge in [0.15, 0.2) is 0 Å². The minimum Gasteiger partial charge on any atom is -0.306 e. The van der Waals surface area contributed by atoms with E-state index in [9.17, 15) is 4.79 Å². The van der Waals surface area contributed by atoms with Crippen LogP contribution in [0.25, 0.3) is 0 Å². The van der Waals surface area contributed by atoms with E-state index in [1.165, 1.54) is 0 Å². The average molecular weight is 341 g/mol. The number of halogens is 2. The van der Waals surface area contributed by atoms with Crippen LogP contribution in [-0.2, 0) is 12.5 Å². The minimum atomic E-state index is -0.410. The van der Waals surface area contributed by atoms with Crippen molar-refractivity contribution in [2.45, 2.75) is 26.2 Å². The van der Waals surface area contributed by atoms with E-state index in [1.54, 1.807) is 29.9 Å². The van der Waals surface area contributed by atoms with Gasteiger partial charge >= 0.3 is 6.03 Å². The third-order valence-electron chi connectivity index (χ3n) is 3.09. The molecule has 0 saturated carbocycles. The van der Waals surface area contributed by atoms with E-state index < -0.39 is 6.03 Å². The van der Waals surface area contributed by atoms with Crippen LogP contribution in [0.5, 0.6) is 0 Å². The summed E-state index contributed by atoms with van der Waals surface area (Å²) in [6.45, 7) is 6.18. The van der Waals surface area contributed by atoms with E-state index in [-0.39, 0.29) is 5.41 Å². The molecule has 2 amide bonds. The molecule has 2 N–H and O–H groups in total. The zero-order chi connectivity index (χ0) is 16.5. The Morgan fingerprint density at radius 3 is 2.50 bits per heavy atom. The fourth-order valence-corrected chi connectivity index (χ4v) is 2.17. The highest BCUT2D eigenvalue weighted by Crippen LogP contribution is 2.29. The zero-order valence-electron chi connectivity index (χ0n) is 12.9. The lowest BCUT2D eigenvalue weighted by Gasteiger charge is -2.13. The molecular weight excluding hydrogens is 323 g/mol. The molecule has 0 unspecified atom stereocenters. The topological polar surface area (TPSA) is 59.0 Å². The third-order valence-corrected chi connectivity index (χ3v) is 3.91. The van der Waals surface area contributed by atoms with Crippen molar-refractivity contribution in [3.63, 3.8) is 0 Å². The summed E-state index contributed by atoms with van der Waals surface area (Å²) in [5.41, 5.74) is 1.25. The SMILES string of the molecule is Cn1nc(C(C)(C)C)cc1NC(=O)Nc1cccc(Cl)c1Cl. The van der Waals surface area contributed by atoms with Gasteiger partial charge in [-0.15, -0.1) is 0 Å². The lowest BCUT2D eigenvalue weighted by molar-refractivity contribution is 0.262. The van der Waals surface area contributed by atoms with E-state index in [0.717, 1.165) is 5.69 Å². The highest BCUT2D eigenvalue weighted by atomic mass is 35.5. The smallest absolute Gasteiger partial charge is 0.306 e. The molecular formula is C15H18Cl2N4O. The van der Waals surface area contributed by atoms with Crippen LogP contribution in [0.3, 0.4) is 0 Å². The Labute approximate surface area is 139 Å². The molecule has 2 rings (SSSR count). The van der Waals surface area contributed by atoms with Crippen LogP contribution in [0.2, 0.25) is 10.0 Å². The number of hydrogen-bond donors (Lipinski definition) is 2. The molecule has 0 bridgehead atoms. The lowest BCUT2D eigenvalue weighted by Crippen LogP contribution is -2.21. The van der Waals surface area contributed by atoms with Gasteiger partial charge in [-0.2, -0.15) is 5.10 Å². The van der Waals surface area contributed by atoms with Gasteiger partial charge in [-0.1, -0.05) is 50.0 Å². The molecule has 7 heteroatoms. The number of benzene rings is 1. The quantitative estimate of drug-likeness (QED) is 0.834. The normalized spacial score (nSPS) is 11.4. The molecule has 0 spiro atoms. The van der Waals surface area contributed by atoms with E-state index in [0.29, 0.717) is 21.6 Å². The van der Waals surface area contributed by atoms with Gasteiger partial charge in [0.2, 0.25) is 0 Å². The fraction of sp³-hybridized carbons (Fsp3) is 0.333. The Balaban J connectivity index is 2.13. The molecule has 0 aliphatic rings. The molecule has 1 aromatic heterocycles. The molecule has 0 fully saturated rings. The summed E-state index contributed by atoms with van der Waals surface area (Å²) in [6, 6.07) is 6.49. The van der Waals surface area contributed by atoms with Gasteiger partial charge in [-0.25, -0.2) is 4.79 Å². The number of nitrogens with zero attached hydrogens (tertiary/aromatic N) is 2. The summed E-state index contributed by atoms with van der Waals surface area (Å²) < 4.78 is 1.62. The number of anilines is 2. The first kappa shape index (κ1) is 16.6. The molecule has 2 aromatic rings. The second kappa shape index (κ2) is 6.18. The van der Waals surface area contributed by atoms with E-state index >= 15 is 0 Å². The van der Waals surface area contributed by atoms with Gasteiger partial charge in [0.25, 0.3) is 0 Å².